The van der Waals surface area contributed by atoms with Gasteiger partial charge in [0.1, 0.15) is 5.82 Å². The molecule has 0 aliphatic heterocycles. The van der Waals surface area contributed by atoms with Gasteiger partial charge in [0.2, 0.25) is 0 Å². The second-order valence-corrected chi connectivity index (χ2v) is 4.15. The van der Waals surface area contributed by atoms with E-state index in [-0.39, 0.29) is 6.42 Å². The molecule has 0 bridgehead atoms. The third-order valence-corrected chi connectivity index (χ3v) is 2.77. The van der Waals surface area contributed by atoms with Crippen molar-refractivity contribution in [3.05, 3.63) is 30.1 Å². The van der Waals surface area contributed by atoms with Crippen LogP contribution in [0.3, 0.4) is 0 Å². The van der Waals surface area contributed by atoms with Gasteiger partial charge in [-0.05, 0) is 18.6 Å². The van der Waals surface area contributed by atoms with Gasteiger partial charge in [0, 0.05) is 0 Å². The van der Waals surface area contributed by atoms with Crippen LogP contribution in [0, 0.1) is 11.3 Å². The van der Waals surface area contributed by atoms with Gasteiger partial charge in [0.25, 0.3) is 0 Å². The van der Waals surface area contributed by atoms with E-state index in [4.69, 9.17) is 10.00 Å². The first-order valence-corrected chi connectivity index (χ1v) is 6.28. The van der Waals surface area contributed by atoms with Crippen LogP contribution in [0.15, 0.2) is 24.3 Å². The Labute approximate surface area is 111 Å². The number of carbonyl (C=O) groups excluding carboxylic acids is 1. The summed E-state index contributed by atoms with van der Waals surface area (Å²) in [5.74, 6) is 0.421. The van der Waals surface area contributed by atoms with Crippen LogP contribution in [-0.2, 0) is 11.2 Å². The molecular weight excluding hydrogens is 242 g/mol. The number of para-hydroxylation sites is 2. The highest BCUT2D eigenvalue weighted by atomic mass is 16.5. The maximum absolute atomic E-state index is 12.1. The van der Waals surface area contributed by atoms with Gasteiger partial charge in [-0.15, -0.1) is 0 Å². The van der Waals surface area contributed by atoms with Gasteiger partial charge in [-0.25, -0.2) is 14.3 Å². The molecule has 0 unspecified atom stereocenters. The summed E-state index contributed by atoms with van der Waals surface area (Å²) in [5.41, 5.74) is 1.37. The van der Waals surface area contributed by atoms with Crippen LogP contribution in [0.1, 0.15) is 25.6 Å². The van der Waals surface area contributed by atoms with Crippen LogP contribution in [0.5, 0.6) is 0 Å². The lowest BCUT2D eigenvalue weighted by Crippen LogP contribution is -2.17. The lowest BCUT2D eigenvalue weighted by atomic mass is 10.3. The molecule has 2 aromatic rings. The highest BCUT2D eigenvalue weighted by Crippen LogP contribution is 2.16. The number of unbranched alkanes of at least 4 members (excludes halogenated alkanes) is 1. The molecule has 2 rings (SSSR count). The number of rotatable bonds is 4. The fourth-order valence-corrected chi connectivity index (χ4v) is 1.84. The van der Waals surface area contributed by atoms with E-state index < -0.39 is 6.09 Å². The summed E-state index contributed by atoms with van der Waals surface area (Å²) < 4.78 is 6.58. The monoisotopic (exact) mass is 257 g/mol. The van der Waals surface area contributed by atoms with Crippen molar-refractivity contribution in [1.82, 2.24) is 9.55 Å². The molecule has 0 atom stereocenters. The lowest BCUT2D eigenvalue weighted by Gasteiger charge is -2.07. The predicted octanol–water partition coefficient (Wildman–Crippen LogP) is 2.89. The first-order chi connectivity index (χ1) is 9.27. The van der Waals surface area contributed by atoms with E-state index in [1.165, 1.54) is 4.57 Å². The standard InChI is InChI=1S/C14H15N3O2/c1-2-3-10-19-14(18)17-12-7-5-4-6-11(12)16-13(17)8-9-15/h4-7H,2-3,8,10H2,1H3. The second kappa shape index (κ2) is 6.01. The largest absolute Gasteiger partial charge is 0.449 e. The van der Waals surface area contributed by atoms with E-state index in [0.717, 1.165) is 12.8 Å². The van der Waals surface area contributed by atoms with Crippen molar-refractivity contribution in [2.24, 2.45) is 0 Å². The summed E-state index contributed by atoms with van der Waals surface area (Å²) in [6.45, 7) is 2.41. The van der Waals surface area contributed by atoms with Gasteiger partial charge in [0.05, 0.1) is 30.1 Å². The number of benzene rings is 1. The summed E-state index contributed by atoms with van der Waals surface area (Å²) >= 11 is 0. The van der Waals surface area contributed by atoms with Crippen LogP contribution in [0.25, 0.3) is 11.0 Å². The quantitative estimate of drug-likeness (QED) is 0.790. The van der Waals surface area contributed by atoms with Crippen molar-refractivity contribution in [3.8, 4) is 6.07 Å². The highest BCUT2D eigenvalue weighted by molar-refractivity contribution is 5.87. The van der Waals surface area contributed by atoms with E-state index in [9.17, 15) is 4.79 Å². The minimum atomic E-state index is -0.465. The number of aromatic nitrogens is 2. The number of hydrogen-bond donors (Lipinski definition) is 0. The fourth-order valence-electron chi connectivity index (χ4n) is 1.84. The third kappa shape index (κ3) is 2.74. The van der Waals surface area contributed by atoms with E-state index in [1.807, 2.05) is 31.2 Å². The molecule has 0 aliphatic carbocycles. The number of ether oxygens (including phenoxy) is 1. The number of imidazole rings is 1. The summed E-state index contributed by atoms with van der Waals surface area (Å²) in [6.07, 6.45) is 1.40. The van der Waals surface area contributed by atoms with Gasteiger partial charge < -0.3 is 4.74 Å². The minimum Gasteiger partial charge on any atom is -0.449 e. The van der Waals surface area contributed by atoms with Gasteiger partial charge in [-0.2, -0.15) is 5.26 Å². The number of fused-ring (bicyclic) bond motifs is 1. The van der Waals surface area contributed by atoms with Gasteiger partial charge in [-0.3, -0.25) is 0 Å². The Morgan fingerprint density at radius 2 is 2.26 bits per heavy atom. The van der Waals surface area contributed by atoms with Crippen molar-refractivity contribution < 1.29 is 9.53 Å². The Balaban J connectivity index is 2.36. The van der Waals surface area contributed by atoms with Crippen LogP contribution in [-0.4, -0.2) is 22.3 Å². The first kappa shape index (κ1) is 13.1. The minimum absolute atomic E-state index is 0.0809. The zero-order valence-electron chi connectivity index (χ0n) is 10.8. The average Bonchev–Trinajstić information content (AvgIpc) is 2.77. The molecule has 0 aliphatic rings. The molecule has 0 amide bonds. The molecule has 1 aromatic heterocycles. The molecular formula is C14H15N3O2. The van der Waals surface area contributed by atoms with Crippen molar-refractivity contribution in [2.45, 2.75) is 26.2 Å². The Morgan fingerprint density at radius 3 is 3.00 bits per heavy atom. The summed E-state index contributed by atoms with van der Waals surface area (Å²) in [6, 6.07) is 9.30. The second-order valence-electron chi connectivity index (χ2n) is 4.15. The normalized spacial score (nSPS) is 10.3. The Hall–Kier alpha value is -2.35. The van der Waals surface area contributed by atoms with Crippen molar-refractivity contribution in [1.29, 1.82) is 5.26 Å². The fraction of sp³-hybridized carbons (Fsp3) is 0.357. The number of nitrogens with zero attached hydrogens (tertiary/aromatic N) is 3. The van der Waals surface area contributed by atoms with Crippen molar-refractivity contribution >= 4 is 17.1 Å². The predicted molar refractivity (Wildman–Crippen MR) is 70.7 cm³/mol. The maximum atomic E-state index is 12.1. The molecule has 0 spiro atoms. The molecule has 0 radical (unpaired) electrons. The molecule has 19 heavy (non-hydrogen) atoms. The van der Waals surface area contributed by atoms with Gasteiger partial charge in [0.15, 0.2) is 0 Å². The maximum Gasteiger partial charge on any atom is 0.420 e. The summed E-state index contributed by atoms with van der Waals surface area (Å²) in [7, 11) is 0. The lowest BCUT2D eigenvalue weighted by molar-refractivity contribution is 0.146. The molecule has 1 aromatic carbocycles. The molecule has 5 nitrogen and oxygen atoms in total. The topological polar surface area (TPSA) is 67.9 Å². The van der Waals surface area contributed by atoms with Crippen LogP contribution in [0.4, 0.5) is 4.79 Å². The summed E-state index contributed by atoms with van der Waals surface area (Å²) in [5, 5.41) is 8.81. The molecule has 0 saturated heterocycles. The SMILES string of the molecule is CCCCOC(=O)n1c(CC#N)nc2ccccc21. The van der Waals surface area contributed by atoms with Crippen molar-refractivity contribution in [3.63, 3.8) is 0 Å². The number of nitriles is 1. The number of carbonyl (C=O) groups is 1. The van der Waals surface area contributed by atoms with Gasteiger partial charge in [-0.1, -0.05) is 25.5 Å². The zero-order chi connectivity index (χ0) is 13.7. The van der Waals surface area contributed by atoms with E-state index >= 15 is 0 Å². The smallest absolute Gasteiger partial charge is 0.420 e. The van der Waals surface area contributed by atoms with Crippen LogP contribution >= 0.6 is 0 Å². The van der Waals surface area contributed by atoms with Crippen molar-refractivity contribution in [2.75, 3.05) is 6.61 Å². The highest BCUT2D eigenvalue weighted by Gasteiger charge is 2.17. The van der Waals surface area contributed by atoms with Crippen LogP contribution in [0.2, 0.25) is 0 Å². The van der Waals surface area contributed by atoms with Crippen LogP contribution < -0.4 is 0 Å². The molecule has 0 N–H and O–H groups in total. The third-order valence-electron chi connectivity index (χ3n) is 2.77. The first-order valence-electron chi connectivity index (χ1n) is 6.28. The average molecular weight is 257 g/mol. The molecule has 0 fully saturated rings. The van der Waals surface area contributed by atoms with E-state index in [2.05, 4.69) is 4.98 Å². The molecule has 98 valence electrons. The molecule has 1 heterocycles. The Bertz CT molecular complexity index is 625. The summed E-state index contributed by atoms with van der Waals surface area (Å²) in [4.78, 5) is 16.4. The zero-order valence-corrected chi connectivity index (χ0v) is 10.8. The Morgan fingerprint density at radius 1 is 1.47 bits per heavy atom. The van der Waals surface area contributed by atoms with Gasteiger partial charge >= 0.3 is 6.09 Å². The molecule has 0 saturated carbocycles. The van der Waals surface area contributed by atoms with E-state index in [0.29, 0.717) is 23.5 Å². The number of hydrogen-bond acceptors (Lipinski definition) is 4. The van der Waals surface area contributed by atoms with E-state index in [1.54, 1.807) is 6.07 Å². The Kier molecular flexibility index (Phi) is 4.14. The molecule has 5 heteroatoms.